The van der Waals surface area contributed by atoms with Crippen molar-refractivity contribution in [2.75, 3.05) is 6.54 Å². The molecule has 1 aliphatic rings. The highest BCUT2D eigenvalue weighted by Gasteiger charge is 2.36. The van der Waals surface area contributed by atoms with Crippen LogP contribution in [0.15, 0.2) is 29.2 Å². The standard InChI is InChI=1S/C13H17NOS/c1-13(2)8-5-9-14(13)12(15)10-6-3-4-7-11(10)16/h3-4,6-7,16H,5,8-9H2,1-2H3. The molecule has 0 aliphatic carbocycles. The maximum Gasteiger partial charge on any atom is 0.255 e. The SMILES string of the molecule is CC1(C)CCCN1C(=O)c1ccccc1S. The molecule has 1 amide bonds. The van der Waals surface area contributed by atoms with Gasteiger partial charge in [-0.2, -0.15) is 0 Å². The molecule has 1 saturated heterocycles. The fourth-order valence-electron chi connectivity index (χ4n) is 2.28. The van der Waals surface area contributed by atoms with Crippen molar-refractivity contribution in [3.63, 3.8) is 0 Å². The number of thiol groups is 1. The zero-order chi connectivity index (χ0) is 11.8. The highest BCUT2D eigenvalue weighted by molar-refractivity contribution is 7.80. The van der Waals surface area contributed by atoms with Crippen LogP contribution in [0.2, 0.25) is 0 Å². The summed E-state index contributed by atoms with van der Waals surface area (Å²) in [6, 6.07) is 7.49. The highest BCUT2D eigenvalue weighted by atomic mass is 32.1. The molecule has 1 aromatic rings. The van der Waals surface area contributed by atoms with Gasteiger partial charge in [-0.25, -0.2) is 0 Å². The van der Waals surface area contributed by atoms with Crippen molar-refractivity contribution in [1.82, 2.24) is 4.90 Å². The summed E-state index contributed by atoms with van der Waals surface area (Å²) in [6.07, 6.45) is 2.17. The third-order valence-corrected chi connectivity index (χ3v) is 3.67. The molecule has 0 saturated carbocycles. The molecule has 0 aromatic heterocycles. The van der Waals surface area contributed by atoms with E-state index in [1.165, 1.54) is 0 Å². The quantitative estimate of drug-likeness (QED) is 0.742. The molecule has 2 nitrogen and oxygen atoms in total. The van der Waals surface area contributed by atoms with Crippen LogP contribution in [0.5, 0.6) is 0 Å². The minimum Gasteiger partial charge on any atom is -0.333 e. The molecule has 1 fully saturated rings. The number of hydrogen-bond acceptors (Lipinski definition) is 2. The Balaban J connectivity index is 2.30. The first kappa shape index (κ1) is 11.5. The minimum atomic E-state index is -0.0207. The lowest BCUT2D eigenvalue weighted by Crippen LogP contribution is -2.42. The van der Waals surface area contributed by atoms with Crippen LogP contribution in [0.3, 0.4) is 0 Å². The highest BCUT2D eigenvalue weighted by Crippen LogP contribution is 2.30. The molecule has 0 bridgehead atoms. The molecule has 16 heavy (non-hydrogen) atoms. The van der Waals surface area contributed by atoms with E-state index < -0.39 is 0 Å². The Morgan fingerprint density at radius 2 is 2.06 bits per heavy atom. The number of nitrogens with zero attached hydrogens (tertiary/aromatic N) is 1. The fraction of sp³-hybridized carbons (Fsp3) is 0.462. The lowest BCUT2D eigenvalue weighted by molar-refractivity contribution is 0.0648. The summed E-state index contributed by atoms with van der Waals surface area (Å²) in [5, 5.41) is 0. The van der Waals surface area contributed by atoms with Gasteiger partial charge < -0.3 is 4.90 Å². The average Bonchev–Trinajstić information content (AvgIpc) is 2.58. The van der Waals surface area contributed by atoms with Crippen molar-refractivity contribution in [3.8, 4) is 0 Å². The monoisotopic (exact) mass is 235 g/mol. The number of carbonyl (C=O) groups is 1. The van der Waals surface area contributed by atoms with E-state index in [0.717, 1.165) is 24.3 Å². The smallest absolute Gasteiger partial charge is 0.255 e. The van der Waals surface area contributed by atoms with Gasteiger partial charge in [0.25, 0.3) is 5.91 Å². The van der Waals surface area contributed by atoms with Crippen LogP contribution in [0.25, 0.3) is 0 Å². The van der Waals surface area contributed by atoms with Crippen molar-refractivity contribution in [1.29, 1.82) is 0 Å². The molecule has 1 aromatic carbocycles. The lowest BCUT2D eigenvalue weighted by Gasteiger charge is -2.32. The Morgan fingerprint density at radius 1 is 1.38 bits per heavy atom. The van der Waals surface area contributed by atoms with Crippen LogP contribution in [0.4, 0.5) is 0 Å². The summed E-state index contributed by atoms with van der Waals surface area (Å²) >= 11 is 4.34. The molecular formula is C13H17NOS. The van der Waals surface area contributed by atoms with Crippen LogP contribution in [0.1, 0.15) is 37.0 Å². The van der Waals surface area contributed by atoms with Crippen molar-refractivity contribution >= 4 is 18.5 Å². The molecule has 1 heterocycles. The van der Waals surface area contributed by atoms with Crippen LogP contribution in [-0.2, 0) is 0 Å². The van der Waals surface area contributed by atoms with Gasteiger partial charge >= 0.3 is 0 Å². The van der Waals surface area contributed by atoms with Gasteiger partial charge in [-0.05, 0) is 38.8 Å². The van der Waals surface area contributed by atoms with E-state index in [0.29, 0.717) is 5.56 Å². The van der Waals surface area contributed by atoms with E-state index in [1.54, 1.807) is 0 Å². The van der Waals surface area contributed by atoms with E-state index in [2.05, 4.69) is 26.5 Å². The zero-order valence-corrected chi connectivity index (χ0v) is 10.6. The van der Waals surface area contributed by atoms with Crippen LogP contribution in [0, 0.1) is 0 Å². The molecule has 0 radical (unpaired) electrons. The van der Waals surface area contributed by atoms with Gasteiger partial charge in [-0.3, -0.25) is 4.79 Å². The Kier molecular flexibility index (Phi) is 2.98. The van der Waals surface area contributed by atoms with Crippen LogP contribution < -0.4 is 0 Å². The van der Waals surface area contributed by atoms with Crippen LogP contribution >= 0.6 is 12.6 Å². The summed E-state index contributed by atoms with van der Waals surface area (Å²) < 4.78 is 0. The predicted molar refractivity (Wildman–Crippen MR) is 68.0 cm³/mol. The molecule has 0 atom stereocenters. The van der Waals surface area contributed by atoms with Crippen molar-refractivity contribution in [2.45, 2.75) is 37.1 Å². The first-order valence-electron chi connectivity index (χ1n) is 5.62. The summed E-state index contributed by atoms with van der Waals surface area (Å²) in [5.41, 5.74) is 0.688. The Hall–Kier alpha value is -0.960. The van der Waals surface area contributed by atoms with E-state index in [9.17, 15) is 4.79 Å². The first-order chi connectivity index (χ1) is 7.52. The summed E-state index contributed by atoms with van der Waals surface area (Å²) in [4.78, 5) is 15.1. The minimum absolute atomic E-state index is 0.0207. The number of amides is 1. The molecule has 3 heteroatoms. The third-order valence-electron chi connectivity index (χ3n) is 3.28. The molecule has 0 spiro atoms. The zero-order valence-electron chi connectivity index (χ0n) is 9.73. The fourth-order valence-corrected chi connectivity index (χ4v) is 2.54. The van der Waals surface area contributed by atoms with Gasteiger partial charge in [0, 0.05) is 17.0 Å². The normalized spacial score (nSPS) is 18.8. The number of benzene rings is 1. The molecular weight excluding hydrogens is 218 g/mol. The van der Waals surface area contributed by atoms with E-state index in [1.807, 2.05) is 29.2 Å². The number of carbonyl (C=O) groups excluding carboxylic acids is 1. The van der Waals surface area contributed by atoms with Crippen molar-refractivity contribution < 1.29 is 4.79 Å². The Labute approximate surface area is 102 Å². The first-order valence-corrected chi connectivity index (χ1v) is 6.07. The van der Waals surface area contributed by atoms with E-state index >= 15 is 0 Å². The summed E-state index contributed by atoms with van der Waals surface area (Å²) in [7, 11) is 0. The van der Waals surface area contributed by atoms with E-state index in [-0.39, 0.29) is 11.4 Å². The second-order valence-electron chi connectivity index (χ2n) is 4.89. The Bertz CT molecular complexity index is 414. The topological polar surface area (TPSA) is 20.3 Å². The maximum absolute atomic E-state index is 12.4. The second kappa shape index (κ2) is 4.13. The number of hydrogen-bond donors (Lipinski definition) is 1. The Morgan fingerprint density at radius 3 is 2.62 bits per heavy atom. The molecule has 0 N–H and O–H groups in total. The van der Waals surface area contributed by atoms with Gasteiger partial charge in [0.1, 0.15) is 0 Å². The number of likely N-dealkylation sites (tertiary alicyclic amines) is 1. The van der Waals surface area contributed by atoms with Gasteiger partial charge in [-0.15, -0.1) is 12.6 Å². The summed E-state index contributed by atoms with van der Waals surface area (Å²) in [5.74, 6) is 0.105. The van der Waals surface area contributed by atoms with E-state index in [4.69, 9.17) is 0 Å². The molecule has 1 aliphatic heterocycles. The maximum atomic E-state index is 12.4. The molecule has 86 valence electrons. The third kappa shape index (κ3) is 1.96. The molecule has 2 rings (SSSR count). The van der Waals surface area contributed by atoms with Crippen molar-refractivity contribution in [2.24, 2.45) is 0 Å². The predicted octanol–water partition coefficient (Wildman–Crippen LogP) is 2.99. The summed E-state index contributed by atoms with van der Waals surface area (Å²) in [6.45, 7) is 5.10. The number of rotatable bonds is 1. The van der Waals surface area contributed by atoms with Gasteiger partial charge in [0.05, 0.1) is 5.56 Å². The second-order valence-corrected chi connectivity index (χ2v) is 5.37. The van der Waals surface area contributed by atoms with Crippen molar-refractivity contribution in [3.05, 3.63) is 29.8 Å². The van der Waals surface area contributed by atoms with Gasteiger partial charge in [0.15, 0.2) is 0 Å². The average molecular weight is 235 g/mol. The van der Waals surface area contributed by atoms with Gasteiger partial charge in [0.2, 0.25) is 0 Å². The largest absolute Gasteiger partial charge is 0.333 e. The molecule has 0 unspecified atom stereocenters. The lowest BCUT2D eigenvalue weighted by atomic mass is 10.0. The van der Waals surface area contributed by atoms with Crippen LogP contribution in [-0.4, -0.2) is 22.9 Å². The van der Waals surface area contributed by atoms with Gasteiger partial charge in [-0.1, -0.05) is 12.1 Å².